The van der Waals surface area contributed by atoms with Crippen LogP contribution in [0.3, 0.4) is 0 Å². The van der Waals surface area contributed by atoms with Crippen LogP contribution in [0.5, 0.6) is 11.5 Å². The Kier molecular flexibility index (Phi) is 6.27. The Morgan fingerprint density at radius 1 is 1.13 bits per heavy atom. The van der Waals surface area contributed by atoms with Gasteiger partial charge in [0, 0.05) is 28.7 Å². The minimum absolute atomic E-state index is 0.0311. The molecule has 0 saturated heterocycles. The van der Waals surface area contributed by atoms with Crippen molar-refractivity contribution in [3.8, 4) is 11.5 Å². The van der Waals surface area contributed by atoms with Crippen molar-refractivity contribution in [1.82, 2.24) is 20.1 Å². The molecule has 0 saturated carbocycles. The average molecular weight is 510 g/mol. The molecule has 9 heteroatoms. The number of benzene rings is 3. The second kappa shape index (κ2) is 10.0. The summed E-state index contributed by atoms with van der Waals surface area (Å²) in [6.45, 7) is 1.73. The summed E-state index contributed by atoms with van der Waals surface area (Å²) in [5.74, 6) is 1.55. The number of fused-ring (bicyclic) bond motifs is 3. The van der Waals surface area contributed by atoms with E-state index in [1.807, 2.05) is 30.3 Å². The first-order valence-corrected chi connectivity index (χ1v) is 12.5. The van der Waals surface area contributed by atoms with Gasteiger partial charge in [0.2, 0.25) is 0 Å². The smallest absolute Gasteiger partial charge is 0.307 e. The van der Waals surface area contributed by atoms with Gasteiger partial charge in [-0.1, -0.05) is 36.4 Å². The number of aromatic amines is 1. The Bertz CT molecular complexity index is 1610. The molecule has 2 N–H and O–H groups in total. The molecule has 1 unspecified atom stereocenters. The second-order valence-corrected chi connectivity index (χ2v) is 9.36. The lowest BCUT2D eigenvalue weighted by Crippen LogP contribution is -2.30. The molecular formula is C29H27N5O4. The Morgan fingerprint density at radius 2 is 2.00 bits per heavy atom. The molecule has 2 aromatic heterocycles. The number of nitrogens with one attached hydrogen (secondary N) is 2. The lowest BCUT2D eigenvalue weighted by molar-refractivity contribution is -0.385. The van der Waals surface area contributed by atoms with E-state index in [-0.39, 0.29) is 11.7 Å². The largest absolute Gasteiger partial charge is 0.496 e. The normalized spacial score (nSPS) is 14.8. The molecule has 1 aliphatic heterocycles. The van der Waals surface area contributed by atoms with E-state index in [1.165, 1.54) is 23.3 Å². The fraction of sp³-hybridized carbons (Fsp3) is 0.207. The Labute approximate surface area is 219 Å². The lowest BCUT2D eigenvalue weighted by Gasteiger charge is -2.25. The first-order chi connectivity index (χ1) is 18.6. The number of rotatable bonds is 8. The van der Waals surface area contributed by atoms with Gasteiger partial charge in [0.25, 0.3) is 0 Å². The first-order valence-electron chi connectivity index (χ1n) is 12.5. The van der Waals surface area contributed by atoms with Crippen LogP contribution in [0, 0.1) is 10.1 Å². The van der Waals surface area contributed by atoms with Crippen LogP contribution in [0.2, 0.25) is 0 Å². The number of nitro groups is 1. The molecular weight excluding hydrogens is 482 g/mol. The molecule has 0 fully saturated rings. The summed E-state index contributed by atoms with van der Waals surface area (Å²) in [7, 11) is 1.62. The number of ether oxygens (including phenoxy) is 2. The van der Waals surface area contributed by atoms with Gasteiger partial charge in [0.1, 0.15) is 30.5 Å². The van der Waals surface area contributed by atoms with Gasteiger partial charge in [-0.25, -0.2) is 0 Å². The van der Waals surface area contributed by atoms with Crippen LogP contribution in [-0.4, -0.2) is 33.3 Å². The molecule has 0 radical (unpaired) electrons. The third-order valence-electron chi connectivity index (χ3n) is 6.97. The minimum Gasteiger partial charge on any atom is -0.496 e. The highest BCUT2D eigenvalue weighted by Crippen LogP contribution is 2.36. The van der Waals surface area contributed by atoms with Gasteiger partial charge in [-0.2, -0.15) is 5.10 Å². The summed E-state index contributed by atoms with van der Waals surface area (Å²) >= 11 is 0. The number of H-pyrrole nitrogens is 1. The molecule has 9 nitrogen and oxygen atoms in total. The molecule has 5 aromatic rings. The molecule has 0 bridgehead atoms. The Hall–Kier alpha value is -4.63. The van der Waals surface area contributed by atoms with E-state index >= 15 is 0 Å². The van der Waals surface area contributed by atoms with Crippen LogP contribution in [0.1, 0.15) is 34.0 Å². The van der Waals surface area contributed by atoms with Crippen molar-refractivity contribution in [2.45, 2.75) is 25.6 Å². The quantitative estimate of drug-likeness (QED) is 0.221. The first kappa shape index (κ1) is 23.7. The number of hydrogen-bond acceptors (Lipinski definition) is 6. The number of methoxy groups -OCH3 is 1. The van der Waals surface area contributed by atoms with E-state index < -0.39 is 4.92 Å². The fourth-order valence-corrected chi connectivity index (χ4v) is 5.13. The van der Waals surface area contributed by atoms with Crippen LogP contribution in [-0.2, 0) is 19.6 Å². The maximum Gasteiger partial charge on any atom is 0.307 e. The summed E-state index contributed by atoms with van der Waals surface area (Å²) in [6.07, 6.45) is 3.60. The number of hydrogen-bond donors (Lipinski definition) is 2. The molecule has 1 atom stereocenters. The molecule has 1 aliphatic rings. The van der Waals surface area contributed by atoms with Gasteiger partial charge >= 0.3 is 5.69 Å². The van der Waals surface area contributed by atoms with E-state index in [0.29, 0.717) is 18.9 Å². The van der Waals surface area contributed by atoms with Crippen molar-refractivity contribution in [3.63, 3.8) is 0 Å². The summed E-state index contributed by atoms with van der Waals surface area (Å²) in [4.78, 5) is 14.3. The molecule has 0 spiro atoms. The third-order valence-corrected chi connectivity index (χ3v) is 6.97. The Balaban J connectivity index is 1.30. The van der Waals surface area contributed by atoms with Gasteiger partial charge in [0.15, 0.2) is 0 Å². The molecule has 3 heterocycles. The van der Waals surface area contributed by atoms with Gasteiger partial charge in [0.05, 0.1) is 24.6 Å². The fourth-order valence-electron chi connectivity index (χ4n) is 5.13. The zero-order chi connectivity index (χ0) is 26.1. The van der Waals surface area contributed by atoms with Crippen molar-refractivity contribution in [2.24, 2.45) is 0 Å². The van der Waals surface area contributed by atoms with E-state index in [9.17, 15) is 10.1 Å². The van der Waals surface area contributed by atoms with E-state index in [1.54, 1.807) is 11.8 Å². The Morgan fingerprint density at radius 3 is 2.79 bits per heavy atom. The van der Waals surface area contributed by atoms with Gasteiger partial charge in [-0.3, -0.25) is 14.8 Å². The van der Waals surface area contributed by atoms with Crippen LogP contribution in [0.25, 0.3) is 10.9 Å². The van der Waals surface area contributed by atoms with E-state index in [4.69, 9.17) is 9.47 Å². The number of aromatic nitrogens is 3. The molecule has 0 aliphatic carbocycles. The van der Waals surface area contributed by atoms with E-state index in [0.717, 1.165) is 46.6 Å². The van der Waals surface area contributed by atoms with Crippen molar-refractivity contribution in [3.05, 3.63) is 117 Å². The molecule has 192 valence electrons. The topological polar surface area (TPSA) is 107 Å². The lowest BCUT2D eigenvalue weighted by atomic mass is 9.93. The maximum absolute atomic E-state index is 11.1. The average Bonchev–Trinajstić information content (AvgIpc) is 3.57. The SMILES string of the molecule is COc1ccc(C2NCCc3c2[nH]c2ccc(OCc4ccccc4)cc32)cc1Cn1cc([N+](=O)[O-])cn1. The predicted octanol–water partition coefficient (Wildman–Crippen LogP) is 5.14. The summed E-state index contributed by atoms with van der Waals surface area (Å²) < 4.78 is 13.2. The van der Waals surface area contributed by atoms with Crippen molar-refractivity contribution < 1.29 is 14.4 Å². The van der Waals surface area contributed by atoms with Gasteiger partial charge in [-0.05, 0) is 53.4 Å². The van der Waals surface area contributed by atoms with Crippen LogP contribution in [0.4, 0.5) is 5.69 Å². The van der Waals surface area contributed by atoms with Crippen molar-refractivity contribution >= 4 is 16.6 Å². The zero-order valence-corrected chi connectivity index (χ0v) is 20.9. The van der Waals surface area contributed by atoms with Gasteiger partial charge in [-0.15, -0.1) is 0 Å². The molecule has 6 rings (SSSR count). The van der Waals surface area contributed by atoms with Gasteiger partial charge < -0.3 is 19.8 Å². The summed E-state index contributed by atoms with van der Waals surface area (Å²) in [5, 5.41) is 20.0. The van der Waals surface area contributed by atoms with Crippen LogP contribution < -0.4 is 14.8 Å². The van der Waals surface area contributed by atoms with Crippen LogP contribution >= 0.6 is 0 Å². The van der Waals surface area contributed by atoms with Crippen LogP contribution in [0.15, 0.2) is 79.1 Å². The maximum atomic E-state index is 11.1. The highest BCUT2D eigenvalue weighted by atomic mass is 16.6. The summed E-state index contributed by atoms with van der Waals surface area (Å²) in [6, 6.07) is 22.4. The molecule has 38 heavy (non-hydrogen) atoms. The monoisotopic (exact) mass is 509 g/mol. The van der Waals surface area contributed by atoms with Crippen molar-refractivity contribution in [2.75, 3.05) is 13.7 Å². The number of nitrogens with zero attached hydrogens (tertiary/aromatic N) is 3. The summed E-state index contributed by atoms with van der Waals surface area (Å²) in [5.41, 5.74) is 6.57. The molecule has 3 aromatic carbocycles. The predicted molar refractivity (Wildman–Crippen MR) is 144 cm³/mol. The second-order valence-electron chi connectivity index (χ2n) is 9.36. The van der Waals surface area contributed by atoms with E-state index in [2.05, 4.69) is 51.8 Å². The highest BCUT2D eigenvalue weighted by Gasteiger charge is 2.26. The standard InChI is InChI=1S/C29H27N5O4/c1-37-27-10-7-20(13-21(27)16-33-17-22(15-31-33)34(35)36)28-29-24(11-12-30-28)25-14-23(8-9-26(25)32-29)38-18-19-5-3-2-4-6-19/h2-10,13-15,17,28,30,32H,11-12,16,18H2,1H3. The molecule has 0 amide bonds. The third kappa shape index (κ3) is 4.59. The van der Waals surface area contributed by atoms with Crippen molar-refractivity contribution in [1.29, 1.82) is 0 Å². The highest BCUT2D eigenvalue weighted by molar-refractivity contribution is 5.86. The minimum atomic E-state index is -0.446. The zero-order valence-electron chi connectivity index (χ0n) is 20.9.